The van der Waals surface area contributed by atoms with Crippen LogP contribution in [0.4, 0.5) is 0 Å². The minimum atomic E-state index is -0.426. The fourth-order valence-electron chi connectivity index (χ4n) is 2.64. The number of nitrogens with zero attached hydrogens (tertiary/aromatic N) is 2. The number of carbonyl (C=O) groups is 1. The van der Waals surface area contributed by atoms with Crippen LogP contribution in [0.5, 0.6) is 0 Å². The second kappa shape index (κ2) is 7.13. The van der Waals surface area contributed by atoms with Crippen LogP contribution in [0.3, 0.4) is 0 Å². The second-order valence-electron chi connectivity index (χ2n) is 5.75. The number of esters is 1. The maximum Gasteiger partial charge on any atom is 0.421 e. The van der Waals surface area contributed by atoms with E-state index in [9.17, 15) is 9.59 Å². The molecule has 6 nitrogen and oxygen atoms in total. The van der Waals surface area contributed by atoms with Gasteiger partial charge in [0.15, 0.2) is 5.58 Å². The number of ether oxygens (including phenoxy) is 1. The Kier molecular flexibility index (Phi) is 4.92. The Hall–Kier alpha value is -2.57. The zero-order valence-electron chi connectivity index (χ0n) is 13.9. The maximum absolute atomic E-state index is 12.1. The van der Waals surface area contributed by atoms with E-state index in [0.717, 1.165) is 5.56 Å². The van der Waals surface area contributed by atoms with Gasteiger partial charge in [-0.2, -0.15) is 0 Å². The molecule has 0 radical (unpaired) electrons. The van der Waals surface area contributed by atoms with Crippen molar-refractivity contribution in [2.45, 2.75) is 13.2 Å². The van der Waals surface area contributed by atoms with E-state index in [0.29, 0.717) is 34.9 Å². The molecule has 7 heteroatoms. The molecule has 0 aliphatic heterocycles. The first-order chi connectivity index (χ1) is 12.0. The molecule has 3 aromatic rings. The van der Waals surface area contributed by atoms with Gasteiger partial charge in [0.25, 0.3) is 0 Å². The van der Waals surface area contributed by atoms with Gasteiger partial charge < -0.3 is 9.15 Å². The lowest BCUT2D eigenvalue weighted by molar-refractivity contribution is 0.0600. The lowest BCUT2D eigenvalue weighted by atomic mass is 10.1. The highest BCUT2D eigenvalue weighted by atomic mass is 35.5. The van der Waals surface area contributed by atoms with Crippen molar-refractivity contribution in [3.05, 3.63) is 69.2 Å². The van der Waals surface area contributed by atoms with Crippen molar-refractivity contribution >= 4 is 28.7 Å². The Morgan fingerprint density at radius 1 is 1.24 bits per heavy atom. The van der Waals surface area contributed by atoms with E-state index in [1.807, 2.05) is 24.1 Å². The van der Waals surface area contributed by atoms with Gasteiger partial charge in [-0.25, -0.2) is 9.59 Å². The first kappa shape index (κ1) is 17.3. The van der Waals surface area contributed by atoms with Crippen molar-refractivity contribution in [3.63, 3.8) is 0 Å². The number of methoxy groups -OCH3 is 1. The van der Waals surface area contributed by atoms with Crippen LogP contribution in [-0.4, -0.2) is 29.6 Å². The third kappa shape index (κ3) is 3.75. The van der Waals surface area contributed by atoms with Gasteiger partial charge in [-0.05, 0) is 36.9 Å². The van der Waals surface area contributed by atoms with Gasteiger partial charge in [-0.1, -0.05) is 23.7 Å². The fourth-order valence-corrected chi connectivity index (χ4v) is 2.80. The summed E-state index contributed by atoms with van der Waals surface area (Å²) in [6.07, 6.45) is 0. The Morgan fingerprint density at radius 2 is 1.96 bits per heavy atom. The van der Waals surface area contributed by atoms with Crippen molar-refractivity contribution in [2.24, 2.45) is 0 Å². The highest BCUT2D eigenvalue weighted by Crippen LogP contribution is 2.19. The zero-order valence-corrected chi connectivity index (χ0v) is 14.6. The minimum Gasteiger partial charge on any atom is -0.465 e. The molecule has 0 aliphatic carbocycles. The molecule has 0 fully saturated rings. The summed E-state index contributed by atoms with van der Waals surface area (Å²) in [5, 5.41) is 0.521. The van der Waals surface area contributed by atoms with E-state index >= 15 is 0 Å². The SMILES string of the molecule is COC(=O)c1ccc(CN(C)Cn2c(=O)oc3cc(Cl)ccc32)cc1. The van der Waals surface area contributed by atoms with Crippen molar-refractivity contribution < 1.29 is 13.9 Å². The molecular formula is C18H17ClN2O4. The van der Waals surface area contributed by atoms with Crippen molar-refractivity contribution in [1.29, 1.82) is 0 Å². The molecule has 0 aliphatic rings. The van der Waals surface area contributed by atoms with E-state index in [-0.39, 0.29) is 5.97 Å². The number of benzene rings is 2. The number of hydrogen-bond donors (Lipinski definition) is 0. The van der Waals surface area contributed by atoms with E-state index in [1.54, 1.807) is 34.9 Å². The molecular weight excluding hydrogens is 344 g/mol. The van der Waals surface area contributed by atoms with E-state index in [1.165, 1.54) is 7.11 Å². The molecule has 0 saturated carbocycles. The van der Waals surface area contributed by atoms with E-state index in [2.05, 4.69) is 4.74 Å². The Bertz CT molecular complexity index is 959. The summed E-state index contributed by atoms with van der Waals surface area (Å²) in [6, 6.07) is 12.3. The Labute approximate surface area is 149 Å². The molecule has 130 valence electrons. The highest BCUT2D eigenvalue weighted by Gasteiger charge is 2.12. The number of oxazole rings is 1. The predicted octanol–water partition coefficient (Wildman–Crippen LogP) is 3.12. The van der Waals surface area contributed by atoms with Crippen LogP contribution < -0.4 is 5.76 Å². The van der Waals surface area contributed by atoms with Gasteiger partial charge >= 0.3 is 11.7 Å². The topological polar surface area (TPSA) is 64.7 Å². The van der Waals surface area contributed by atoms with Crippen molar-refractivity contribution in [1.82, 2.24) is 9.47 Å². The second-order valence-corrected chi connectivity index (χ2v) is 6.19. The molecule has 0 saturated heterocycles. The standard InChI is InChI=1S/C18H17ClN2O4/c1-20(10-12-3-5-13(6-4-12)17(22)24-2)11-21-15-8-7-14(19)9-16(15)25-18(21)23/h3-9H,10-11H2,1-2H3. The van der Waals surface area contributed by atoms with Gasteiger partial charge in [0.05, 0.1) is 24.9 Å². The number of fused-ring (bicyclic) bond motifs is 1. The van der Waals surface area contributed by atoms with Crippen LogP contribution in [0.2, 0.25) is 5.02 Å². The summed E-state index contributed by atoms with van der Waals surface area (Å²) in [7, 11) is 3.25. The summed E-state index contributed by atoms with van der Waals surface area (Å²) in [4.78, 5) is 25.5. The van der Waals surface area contributed by atoms with E-state index < -0.39 is 5.76 Å². The monoisotopic (exact) mass is 360 g/mol. The lowest BCUT2D eigenvalue weighted by Crippen LogP contribution is -2.27. The van der Waals surface area contributed by atoms with Crippen molar-refractivity contribution in [2.75, 3.05) is 14.2 Å². The summed E-state index contributed by atoms with van der Waals surface area (Å²) in [5.74, 6) is -0.792. The molecule has 25 heavy (non-hydrogen) atoms. The molecule has 0 N–H and O–H groups in total. The largest absolute Gasteiger partial charge is 0.465 e. The summed E-state index contributed by atoms with van der Waals surface area (Å²) >= 11 is 5.92. The molecule has 0 atom stereocenters. The molecule has 0 amide bonds. The fraction of sp³-hybridized carbons (Fsp3) is 0.222. The number of hydrogen-bond acceptors (Lipinski definition) is 5. The number of halogens is 1. The normalized spacial score (nSPS) is 11.2. The first-order valence-electron chi connectivity index (χ1n) is 7.62. The molecule has 0 unspecified atom stereocenters. The summed E-state index contributed by atoms with van der Waals surface area (Å²) in [6.45, 7) is 0.973. The predicted molar refractivity (Wildman–Crippen MR) is 94.7 cm³/mol. The van der Waals surface area contributed by atoms with Gasteiger partial charge in [0.1, 0.15) is 0 Å². The quantitative estimate of drug-likeness (QED) is 0.654. The lowest BCUT2D eigenvalue weighted by Gasteiger charge is -2.17. The smallest absolute Gasteiger partial charge is 0.421 e. The van der Waals surface area contributed by atoms with Gasteiger partial charge in [0.2, 0.25) is 0 Å². The molecule has 3 rings (SSSR count). The Morgan fingerprint density at radius 3 is 2.64 bits per heavy atom. The van der Waals surface area contributed by atoms with Crippen LogP contribution >= 0.6 is 11.6 Å². The average Bonchev–Trinajstić information content (AvgIpc) is 2.89. The maximum atomic E-state index is 12.1. The average molecular weight is 361 g/mol. The molecule has 0 bridgehead atoms. The van der Waals surface area contributed by atoms with Gasteiger partial charge in [0, 0.05) is 17.6 Å². The zero-order chi connectivity index (χ0) is 18.0. The van der Waals surface area contributed by atoms with Crippen LogP contribution in [0.1, 0.15) is 15.9 Å². The Balaban J connectivity index is 1.75. The third-order valence-electron chi connectivity index (χ3n) is 3.84. The van der Waals surface area contributed by atoms with Crippen LogP contribution in [-0.2, 0) is 18.0 Å². The minimum absolute atomic E-state index is 0.366. The summed E-state index contributed by atoms with van der Waals surface area (Å²) < 4.78 is 11.5. The third-order valence-corrected chi connectivity index (χ3v) is 4.08. The number of rotatable bonds is 5. The first-order valence-corrected chi connectivity index (χ1v) is 8.00. The van der Waals surface area contributed by atoms with Crippen LogP contribution in [0.15, 0.2) is 51.7 Å². The molecule has 1 aromatic heterocycles. The summed E-state index contributed by atoms with van der Waals surface area (Å²) in [5.41, 5.74) is 2.68. The van der Waals surface area contributed by atoms with Crippen LogP contribution in [0, 0.1) is 0 Å². The number of carbonyl (C=O) groups excluding carboxylic acids is 1. The number of aromatic nitrogens is 1. The highest BCUT2D eigenvalue weighted by molar-refractivity contribution is 6.31. The van der Waals surface area contributed by atoms with E-state index in [4.69, 9.17) is 16.0 Å². The molecule has 1 heterocycles. The van der Waals surface area contributed by atoms with Gasteiger partial charge in [-0.15, -0.1) is 0 Å². The molecule has 0 spiro atoms. The van der Waals surface area contributed by atoms with Crippen LogP contribution in [0.25, 0.3) is 11.1 Å². The van der Waals surface area contributed by atoms with Crippen molar-refractivity contribution in [3.8, 4) is 0 Å². The van der Waals surface area contributed by atoms with Gasteiger partial charge in [-0.3, -0.25) is 9.47 Å². The molecule has 2 aromatic carbocycles.